The molecule has 0 aromatic carbocycles. The van der Waals surface area contributed by atoms with E-state index in [2.05, 4.69) is 10.2 Å². The van der Waals surface area contributed by atoms with Crippen LogP contribution in [0, 0.1) is 0 Å². The van der Waals surface area contributed by atoms with E-state index in [1.54, 1.807) is 0 Å². The van der Waals surface area contributed by atoms with Gasteiger partial charge in [0.2, 0.25) is 0 Å². The summed E-state index contributed by atoms with van der Waals surface area (Å²) < 4.78 is 0. The number of nitrogens with zero attached hydrogens (tertiary/aromatic N) is 2. The van der Waals surface area contributed by atoms with Crippen molar-refractivity contribution in [3.63, 3.8) is 0 Å². The van der Waals surface area contributed by atoms with Crippen LogP contribution >= 0.6 is 11.8 Å². The molecule has 98 valence electrons. The van der Waals surface area contributed by atoms with E-state index in [9.17, 15) is 4.79 Å². The number of fused-ring (bicyclic) bond motifs is 1. The second-order valence-electron chi connectivity index (χ2n) is 5.04. The van der Waals surface area contributed by atoms with Crippen molar-refractivity contribution in [2.24, 2.45) is 0 Å². The van der Waals surface area contributed by atoms with Gasteiger partial charge in [0.25, 0.3) is 5.91 Å². The summed E-state index contributed by atoms with van der Waals surface area (Å²) in [7, 11) is 0. The van der Waals surface area contributed by atoms with Crippen LogP contribution in [0.2, 0.25) is 0 Å². The van der Waals surface area contributed by atoms with Gasteiger partial charge in [-0.1, -0.05) is 12.8 Å². The van der Waals surface area contributed by atoms with Crippen molar-refractivity contribution >= 4 is 17.7 Å². The molecule has 1 aromatic heterocycles. The van der Waals surface area contributed by atoms with E-state index < -0.39 is 0 Å². The monoisotopic (exact) mass is 265 g/mol. The third kappa shape index (κ3) is 2.28. The lowest BCUT2D eigenvalue weighted by atomic mass is 10.1. The van der Waals surface area contributed by atoms with E-state index in [1.165, 1.54) is 18.5 Å². The molecule has 0 bridgehead atoms. The second kappa shape index (κ2) is 5.34. The van der Waals surface area contributed by atoms with Gasteiger partial charge in [0.05, 0.1) is 0 Å². The molecule has 3 heterocycles. The van der Waals surface area contributed by atoms with E-state index in [4.69, 9.17) is 0 Å². The lowest BCUT2D eigenvalue weighted by Gasteiger charge is -2.20. The lowest BCUT2D eigenvalue weighted by Crippen LogP contribution is -2.32. The molecule has 5 heteroatoms. The highest BCUT2D eigenvalue weighted by Crippen LogP contribution is 2.26. The van der Waals surface area contributed by atoms with Crippen molar-refractivity contribution in [2.75, 3.05) is 18.8 Å². The van der Waals surface area contributed by atoms with Gasteiger partial charge < -0.3 is 4.90 Å². The number of carbonyl (C=O) groups excluding carboxylic acids is 1. The Hall–Kier alpha value is -0.970. The zero-order valence-corrected chi connectivity index (χ0v) is 11.4. The molecule has 1 saturated heterocycles. The first-order valence-corrected chi connectivity index (χ1v) is 7.95. The highest BCUT2D eigenvalue weighted by Gasteiger charge is 2.26. The molecular formula is C13H19N3OS. The van der Waals surface area contributed by atoms with Gasteiger partial charge in [-0.2, -0.15) is 16.9 Å². The minimum absolute atomic E-state index is 0.136. The fourth-order valence-corrected chi connectivity index (χ4v) is 3.72. The largest absolute Gasteiger partial charge is 0.337 e. The summed E-state index contributed by atoms with van der Waals surface area (Å²) in [5.41, 5.74) is 3.01. The number of amides is 1. The van der Waals surface area contributed by atoms with E-state index >= 15 is 0 Å². The maximum absolute atomic E-state index is 12.5. The van der Waals surface area contributed by atoms with Crippen LogP contribution in [0.25, 0.3) is 0 Å². The van der Waals surface area contributed by atoms with Crippen LogP contribution in [0.4, 0.5) is 0 Å². The molecule has 0 aliphatic carbocycles. The SMILES string of the molecule is O=C(c1n[nH]c2c1CSCC2)N1CCCCCC1. The zero-order valence-electron chi connectivity index (χ0n) is 10.6. The molecule has 1 N–H and O–H groups in total. The quantitative estimate of drug-likeness (QED) is 0.847. The number of carbonyl (C=O) groups is 1. The molecule has 1 aromatic rings. The smallest absolute Gasteiger partial charge is 0.274 e. The van der Waals surface area contributed by atoms with Gasteiger partial charge in [-0.3, -0.25) is 9.89 Å². The molecule has 0 radical (unpaired) electrons. The molecule has 18 heavy (non-hydrogen) atoms. The Morgan fingerprint density at radius 3 is 2.78 bits per heavy atom. The van der Waals surface area contributed by atoms with Crippen LogP contribution in [0.1, 0.15) is 47.4 Å². The van der Waals surface area contributed by atoms with Crippen LogP contribution < -0.4 is 0 Å². The van der Waals surface area contributed by atoms with Gasteiger partial charge in [0.1, 0.15) is 0 Å². The number of aryl methyl sites for hydroxylation is 1. The van der Waals surface area contributed by atoms with E-state index in [1.807, 2.05) is 16.7 Å². The van der Waals surface area contributed by atoms with Crippen LogP contribution in [-0.2, 0) is 12.2 Å². The van der Waals surface area contributed by atoms with E-state index in [0.717, 1.165) is 49.4 Å². The minimum Gasteiger partial charge on any atom is -0.337 e. The van der Waals surface area contributed by atoms with Crippen molar-refractivity contribution in [3.8, 4) is 0 Å². The fraction of sp³-hybridized carbons (Fsp3) is 0.692. The Labute approximate surface area is 112 Å². The molecule has 1 amide bonds. The van der Waals surface area contributed by atoms with Crippen molar-refractivity contribution < 1.29 is 4.79 Å². The van der Waals surface area contributed by atoms with Gasteiger partial charge in [-0.15, -0.1) is 0 Å². The number of likely N-dealkylation sites (tertiary alicyclic amines) is 1. The third-order valence-corrected chi connectivity index (χ3v) is 4.78. The normalized spacial score (nSPS) is 20.3. The van der Waals surface area contributed by atoms with Gasteiger partial charge in [-0.25, -0.2) is 0 Å². The Balaban J connectivity index is 1.80. The molecule has 2 aliphatic heterocycles. The summed E-state index contributed by atoms with van der Waals surface area (Å²) in [6, 6.07) is 0. The Morgan fingerprint density at radius 1 is 1.22 bits per heavy atom. The van der Waals surface area contributed by atoms with Gasteiger partial charge in [0.15, 0.2) is 5.69 Å². The summed E-state index contributed by atoms with van der Waals surface area (Å²) in [6.07, 6.45) is 5.77. The van der Waals surface area contributed by atoms with Crippen molar-refractivity contribution in [1.29, 1.82) is 0 Å². The molecule has 3 rings (SSSR count). The lowest BCUT2D eigenvalue weighted by molar-refractivity contribution is 0.0755. The first-order valence-electron chi connectivity index (χ1n) is 6.79. The van der Waals surface area contributed by atoms with E-state index in [-0.39, 0.29) is 5.91 Å². The molecular weight excluding hydrogens is 246 g/mol. The Kier molecular flexibility index (Phi) is 3.59. The van der Waals surface area contributed by atoms with Crippen LogP contribution in [0.3, 0.4) is 0 Å². The van der Waals surface area contributed by atoms with Crippen LogP contribution in [-0.4, -0.2) is 39.8 Å². The number of aromatic nitrogens is 2. The molecule has 0 spiro atoms. The van der Waals surface area contributed by atoms with Crippen molar-refractivity contribution in [1.82, 2.24) is 15.1 Å². The van der Waals surface area contributed by atoms with Crippen molar-refractivity contribution in [2.45, 2.75) is 37.9 Å². The third-order valence-electron chi connectivity index (χ3n) is 3.79. The number of aromatic amines is 1. The minimum atomic E-state index is 0.136. The maximum Gasteiger partial charge on any atom is 0.274 e. The Bertz CT molecular complexity index is 435. The standard InChI is InChI=1S/C13H19N3OS/c17-13(16-6-3-1-2-4-7-16)12-10-9-18-8-5-11(10)14-15-12/h1-9H2,(H,14,15). The summed E-state index contributed by atoms with van der Waals surface area (Å²) in [6.45, 7) is 1.79. The number of hydrogen-bond acceptors (Lipinski definition) is 3. The predicted octanol–water partition coefficient (Wildman–Crippen LogP) is 2.22. The van der Waals surface area contributed by atoms with Crippen LogP contribution in [0.5, 0.6) is 0 Å². The zero-order chi connectivity index (χ0) is 12.4. The van der Waals surface area contributed by atoms with E-state index in [0.29, 0.717) is 5.69 Å². The molecule has 4 nitrogen and oxygen atoms in total. The summed E-state index contributed by atoms with van der Waals surface area (Å²) in [5, 5.41) is 7.33. The number of hydrogen-bond donors (Lipinski definition) is 1. The second-order valence-corrected chi connectivity index (χ2v) is 6.14. The maximum atomic E-state index is 12.5. The summed E-state index contributed by atoms with van der Waals surface area (Å²) in [5.74, 6) is 2.20. The summed E-state index contributed by atoms with van der Waals surface area (Å²) >= 11 is 1.89. The number of thioether (sulfide) groups is 1. The first-order chi connectivity index (χ1) is 8.86. The first kappa shape index (κ1) is 12.1. The molecule has 0 saturated carbocycles. The number of nitrogens with one attached hydrogen (secondary N) is 1. The highest BCUT2D eigenvalue weighted by atomic mass is 32.2. The van der Waals surface area contributed by atoms with Crippen LogP contribution in [0.15, 0.2) is 0 Å². The number of H-pyrrole nitrogens is 1. The average Bonchev–Trinajstić information content (AvgIpc) is 2.65. The average molecular weight is 265 g/mol. The molecule has 1 fully saturated rings. The number of rotatable bonds is 1. The van der Waals surface area contributed by atoms with Gasteiger partial charge in [-0.05, 0) is 25.0 Å². The van der Waals surface area contributed by atoms with Crippen molar-refractivity contribution in [3.05, 3.63) is 17.0 Å². The molecule has 0 atom stereocenters. The fourth-order valence-electron chi connectivity index (χ4n) is 2.71. The topological polar surface area (TPSA) is 49.0 Å². The highest BCUT2D eigenvalue weighted by molar-refractivity contribution is 7.98. The molecule has 0 unspecified atom stereocenters. The predicted molar refractivity (Wildman–Crippen MR) is 72.8 cm³/mol. The summed E-state index contributed by atoms with van der Waals surface area (Å²) in [4.78, 5) is 14.5. The van der Waals surface area contributed by atoms with Gasteiger partial charge in [0, 0.05) is 30.1 Å². The van der Waals surface area contributed by atoms with Gasteiger partial charge >= 0.3 is 0 Å². The Morgan fingerprint density at radius 2 is 2.00 bits per heavy atom. The molecule has 2 aliphatic rings.